The maximum absolute atomic E-state index is 2.36. The fraction of sp³-hybridized carbons (Fsp3) is 1.00. The van der Waals surface area contributed by atoms with Crippen molar-refractivity contribution in [1.82, 2.24) is 0 Å². The van der Waals surface area contributed by atoms with Crippen molar-refractivity contribution in [2.45, 2.75) is 46.0 Å². The van der Waals surface area contributed by atoms with Crippen LogP contribution < -0.4 is 0 Å². The lowest BCUT2D eigenvalue weighted by molar-refractivity contribution is 0.112. The minimum atomic E-state index is 0.860. The van der Waals surface area contributed by atoms with Gasteiger partial charge >= 0.3 is 0 Å². The number of hydrogen-bond donors (Lipinski definition) is 0. The molecule has 0 N–H and O–H groups in total. The van der Waals surface area contributed by atoms with Crippen molar-refractivity contribution < 1.29 is 0 Å². The van der Waals surface area contributed by atoms with Gasteiger partial charge < -0.3 is 0 Å². The molecule has 3 rings (SSSR count). The molecule has 3 saturated carbocycles. The summed E-state index contributed by atoms with van der Waals surface area (Å²) >= 11 is 0. The highest BCUT2D eigenvalue weighted by Crippen LogP contribution is 2.61. The largest absolute Gasteiger partial charge is 0.0628 e. The molecule has 0 aromatic rings. The van der Waals surface area contributed by atoms with Crippen LogP contribution >= 0.6 is 0 Å². The van der Waals surface area contributed by atoms with Crippen LogP contribution in [0.25, 0.3) is 0 Å². The Morgan fingerprint density at radius 1 is 1.40 bits per heavy atom. The standard InChI is InChI=1S/C10H18/c1-8(2)5-10-4-3-9(6-10)7-10/h8-9H,3-7H2,1-2H3. The van der Waals surface area contributed by atoms with E-state index < -0.39 is 0 Å². The summed E-state index contributed by atoms with van der Waals surface area (Å²) in [6, 6.07) is 0. The zero-order chi connectivity index (χ0) is 7.19. The van der Waals surface area contributed by atoms with E-state index in [0.29, 0.717) is 0 Å². The molecule has 3 aliphatic carbocycles. The average molecular weight is 138 g/mol. The van der Waals surface area contributed by atoms with Gasteiger partial charge in [-0.05, 0) is 49.4 Å². The van der Waals surface area contributed by atoms with Gasteiger partial charge in [0.2, 0.25) is 0 Å². The highest BCUT2D eigenvalue weighted by Gasteiger charge is 2.49. The molecule has 58 valence electrons. The lowest BCUT2D eigenvalue weighted by Crippen LogP contribution is -2.28. The summed E-state index contributed by atoms with van der Waals surface area (Å²) in [7, 11) is 0. The van der Waals surface area contributed by atoms with E-state index in [9.17, 15) is 0 Å². The Balaban J connectivity index is 1.92. The van der Waals surface area contributed by atoms with Gasteiger partial charge in [-0.25, -0.2) is 0 Å². The van der Waals surface area contributed by atoms with Gasteiger partial charge in [0.1, 0.15) is 0 Å². The predicted molar refractivity (Wildman–Crippen MR) is 43.8 cm³/mol. The van der Waals surface area contributed by atoms with Gasteiger partial charge in [0, 0.05) is 0 Å². The SMILES string of the molecule is CC(C)CC12CCC(C1)C2. The number of fused-ring (bicyclic) bond motifs is 1. The molecule has 0 aliphatic heterocycles. The minimum absolute atomic E-state index is 0.860. The Morgan fingerprint density at radius 2 is 2.10 bits per heavy atom. The van der Waals surface area contributed by atoms with Crippen LogP contribution in [0.5, 0.6) is 0 Å². The van der Waals surface area contributed by atoms with Crippen molar-refractivity contribution in [2.75, 3.05) is 0 Å². The molecule has 0 radical (unpaired) electrons. The first-order chi connectivity index (χ1) is 4.70. The maximum Gasteiger partial charge on any atom is -0.0290 e. The molecule has 0 atom stereocenters. The third-order valence-corrected chi connectivity index (χ3v) is 3.37. The van der Waals surface area contributed by atoms with E-state index in [-0.39, 0.29) is 0 Å². The van der Waals surface area contributed by atoms with E-state index in [1.165, 1.54) is 6.42 Å². The molecule has 3 fully saturated rings. The Hall–Kier alpha value is 0. The van der Waals surface area contributed by atoms with E-state index in [2.05, 4.69) is 13.8 Å². The van der Waals surface area contributed by atoms with Gasteiger partial charge in [0.05, 0.1) is 0 Å². The number of rotatable bonds is 2. The van der Waals surface area contributed by atoms with Crippen LogP contribution in [-0.2, 0) is 0 Å². The molecule has 10 heavy (non-hydrogen) atoms. The Morgan fingerprint density at radius 3 is 2.50 bits per heavy atom. The molecule has 0 spiro atoms. The first-order valence-electron chi connectivity index (χ1n) is 4.70. The lowest BCUT2D eigenvalue weighted by atomic mass is 9.66. The van der Waals surface area contributed by atoms with E-state index in [0.717, 1.165) is 17.3 Å². The second-order valence-corrected chi connectivity index (χ2v) is 4.91. The monoisotopic (exact) mass is 138 g/mol. The molecule has 0 heteroatoms. The fourth-order valence-corrected chi connectivity index (χ4v) is 3.22. The normalized spacial score (nSPS) is 44.1. The molecular weight excluding hydrogens is 120 g/mol. The predicted octanol–water partition coefficient (Wildman–Crippen LogP) is 3.22. The third-order valence-electron chi connectivity index (χ3n) is 3.37. The van der Waals surface area contributed by atoms with Crippen molar-refractivity contribution in [2.24, 2.45) is 17.3 Å². The molecule has 2 bridgehead atoms. The van der Waals surface area contributed by atoms with Gasteiger partial charge in [-0.3, -0.25) is 0 Å². The second kappa shape index (κ2) is 1.99. The first-order valence-corrected chi connectivity index (χ1v) is 4.70. The van der Waals surface area contributed by atoms with Gasteiger partial charge in [0.15, 0.2) is 0 Å². The quantitative estimate of drug-likeness (QED) is 0.549. The first kappa shape index (κ1) is 6.69. The molecule has 0 amide bonds. The average Bonchev–Trinajstić information content (AvgIpc) is 2.18. The molecule has 0 aromatic carbocycles. The molecule has 0 unspecified atom stereocenters. The summed E-state index contributed by atoms with van der Waals surface area (Å²) < 4.78 is 0. The second-order valence-electron chi connectivity index (χ2n) is 4.91. The zero-order valence-corrected chi connectivity index (χ0v) is 7.19. The highest BCUT2D eigenvalue weighted by atomic mass is 14.5. The van der Waals surface area contributed by atoms with Gasteiger partial charge in [-0.2, -0.15) is 0 Å². The van der Waals surface area contributed by atoms with Crippen LogP contribution in [0.2, 0.25) is 0 Å². The van der Waals surface area contributed by atoms with Crippen LogP contribution in [0, 0.1) is 17.3 Å². The third kappa shape index (κ3) is 0.889. The Kier molecular flexibility index (Phi) is 1.33. The smallest absolute Gasteiger partial charge is 0.0290 e. The van der Waals surface area contributed by atoms with Crippen molar-refractivity contribution in [3.05, 3.63) is 0 Å². The molecular formula is C10H18. The highest BCUT2D eigenvalue weighted by molar-refractivity contribution is 5.00. The molecule has 3 aliphatic rings. The summed E-state index contributed by atoms with van der Waals surface area (Å²) in [4.78, 5) is 0. The minimum Gasteiger partial charge on any atom is -0.0628 e. The topological polar surface area (TPSA) is 0 Å². The van der Waals surface area contributed by atoms with E-state index in [1.807, 2.05) is 0 Å². The van der Waals surface area contributed by atoms with Crippen LogP contribution in [-0.4, -0.2) is 0 Å². The molecule has 0 nitrogen and oxygen atoms in total. The lowest BCUT2D eigenvalue weighted by Gasteiger charge is -2.39. The summed E-state index contributed by atoms with van der Waals surface area (Å²) in [5, 5.41) is 0. The van der Waals surface area contributed by atoms with Gasteiger partial charge in [-0.15, -0.1) is 0 Å². The van der Waals surface area contributed by atoms with Crippen molar-refractivity contribution in [1.29, 1.82) is 0 Å². The molecule has 0 aromatic heterocycles. The maximum atomic E-state index is 2.36. The number of hydrogen-bond acceptors (Lipinski definition) is 0. The van der Waals surface area contributed by atoms with E-state index >= 15 is 0 Å². The van der Waals surface area contributed by atoms with E-state index in [4.69, 9.17) is 0 Å². The van der Waals surface area contributed by atoms with Crippen molar-refractivity contribution in [3.8, 4) is 0 Å². The van der Waals surface area contributed by atoms with Crippen LogP contribution in [0.3, 0.4) is 0 Å². The summed E-state index contributed by atoms with van der Waals surface area (Å²) in [6.45, 7) is 4.72. The zero-order valence-electron chi connectivity index (χ0n) is 7.19. The fourth-order valence-electron chi connectivity index (χ4n) is 3.22. The van der Waals surface area contributed by atoms with E-state index in [1.54, 1.807) is 25.7 Å². The Bertz CT molecular complexity index is 123. The summed E-state index contributed by atoms with van der Waals surface area (Å²) in [5.74, 6) is 2.08. The summed E-state index contributed by atoms with van der Waals surface area (Å²) in [6.07, 6.45) is 7.75. The van der Waals surface area contributed by atoms with Crippen LogP contribution in [0.4, 0.5) is 0 Å². The van der Waals surface area contributed by atoms with Gasteiger partial charge in [0.25, 0.3) is 0 Å². The molecule has 0 heterocycles. The summed E-state index contributed by atoms with van der Waals surface area (Å²) in [5.41, 5.74) is 0.860. The van der Waals surface area contributed by atoms with Crippen molar-refractivity contribution in [3.63, 3.8) is 0 Å². The van der Waals surface area contributed by atoms with Crippen LogP contribution in [0.1, 0.15) is 46.0 Å². The van der Waals surface area contributed by atoms with Gasteiger partial charge in [-0.1, -0.05) is 13.8 Å². The van der Waals surface area contributed by atoms with Crippen molar-refractivity contribution >= 4 is 0 Å². The Labute approximate surface area is 64.0 Å². The van der Waals surface area contributed by atoms with Crippen LogP contribution in [0.15, 0.2) is 0 Å². The molecule has 0 saturated heterocycles.